The molecule has 0 aromatic carbocycles. The van der Waals surface area contributed by atoms with Crippen LogP contribution in [0.1, 0.15) is 26.7 Å². The predicted molar refractivity (Wildman–Crippen MR) is 55.0 cm³/mol. The summed E-state index contributed by atoms with van der Waals surface area (Å²) in [4.78, 5) is 0. The van der Waals surface area contributed by atoms with Gasteiger partial charge < -0.3 is 10.1 Å². The van der Waals surface area contributed by atoms with Gasteiger partial charge in [-0.1, -0.05) is 19.9 Å². The van der Waals surface area contributed by atoms with Crippen molar-refractivity contribution in [3.63, 3.8) is 0 Å². The highest BCUT2D eigenvalue weighted by Crippen LogP contribution is 2.12. The van der Waals surface area contributed by atoms with Crippen molar-refractivity contribution in [2.75, 3.05) is 6.61 Å². The second kappa shape index (κ2) is 4.85. The first kappa shape index (κ1) is 10.0. The lowest BCUT2D eigenvalue weighted by atomic mass is 10.2. The molecule has 2 nitrogen and oxygen atoms in total. The standard InChI is InChI=1S/C11H17NO/c1-9(2)8-13-11-6-4-3-5-10(12)7-11/h3,5,7,9,12H,4,6,8H2,1-2H3. The van der Waals surface area contributed by atoms with E-state index >= 15 is 0 Å². The third-order valence-corrected chi connectivity index (χ3v) is 1.77. The molecule has 0 aliphatic heterocycles. The Bertz CT molecular complexity index is 238. The molecule has 13 heavy (non-hydrogen) atoms. The summed E-state index contributed by atoms with van der Waals surface area (Å²) in [5.74, 6) is 1.50. The largest absolute Gasteiger partial charge is 0.498 e. The van der Waals surface area contributed by atoms with Crippen molar-refractivity contribution in [2.24, 2.45) is 5.92 Å². The minimum Gasteiger partial charge on any atom is -0.498 e. The average Bonchev–Trinajstić information content (AvgIpc) is 2.26. The molecule has 0 bridgehead atoms. The summed E-state index contributed by atoms with van der Waals surface area (Å²) in [6, 6.07) is 0. The Labute approximate surface area is 79.8 Å². The summed E-state index contributed by atoms with van der Waals surface area (Å²) in [5, 5.41) is 7.50. The number of hydrogen-bond donors (Lipinski definition) is 1. The van der Waals surface area contributed by atoms with Gasteiger partial charge in [-0.2, -0.15) is 0 Å². The van der Waals surface area contributed by atoms with Crippen LogP contribution in [-0.4, -0.2) is 12.3 Å². The first-order chi connectivity index (χ1) is 6.18. The van der Waals surface area contributed by atoms with Gasteiger partial charge >= 0.3 is 0 Å². The molecule has 0 unspecified atom stereocenters. The number of rotatable bonds is 3. The Kier molecular flexibility index (Phi) is 3.74. The lowest BCUT2D eigenvalue weighted by Gasteiger charge is -2.10. The highest BCUT2D eigenvalue weighted by molar-refractivity contribution is 6.02. The molecule has 0 saturated heterocycles. The lowest BCUT2D eigenvalue weighted by Crippen LogP contribution is -2.02. The van der Waals surface area contributed by atoms with Crippen LogP contribution in [0.25, 0.3) is 0 Å². The molecule has 0 atom stereocenters. The molecular weight excluding hydrogens is 162 g/mol. The molecule has 1 aliphatic carbocycles. The quantitative estimate of drug-likeness (QED) is 0.710. The van der Waals surface area contributed by atoms with Gasteiger partial charge in [0, 0.05) is 12.5 Å². The maximum absolute atomic E-state index is 7.50. The minimum absolute atomic E-state index is 0.538. The normalized spacial score (nSPS) is 17.2. The van der Waals surface area contributed by atoms with Crippen LogP contribution in [-0.2, 0) is 4.74 Å². The van der Waals surface area contributed by atoms with Crippen LogP contribution in [0.15, 0.2) is 24.0 Å². The van der Waals surface area contributed by atoms with Crippen molar-refractivity contribution < 1.29 is 4.74 Å². The van der Waals surface area contributed by atoms with Gasteiger partial charge in [0.15, 0.2) is 0 Å². The highest BCUT2D eigenvalue weighted by Gasteiger charge is 2.03. The monoisotopic (exact) mass is 179 g/mol. The Morgan fingerprint density at radius 1 is 1.54 bits per heavy atom. The van der Waals surface area contributed by atoms with Crippen molar-refractivity contribution in [3.05, 3.63) is 24.0 Å². The van der Waals surface area contributed by atoms with Crippen molar-refractivity contribution in [3.8, 4) is 0 Å². The number of allylic oxidation sites excluding steroid dienone is 4. The molecule has 72 valence electrons. The van der Waals surface area contributed by atoms with Gasteiger partial charge in [0.1, 0.15) is 0 Å². The van der Waals surface area contributed by atoms with E-state index < -0.39 is 0 Å². The zero-order chi connectivity index (χ0) is 9.68. The number of hydrogen-bond acceptors (Lipinski definition) is 2. The van der Waals surface area contributed by atoms with Crippen LogP contribution in [0, 0.1) is 11.3 Å². The van der Waals surface area contributed by atoms with E-state index in [1.807, 2.05) is 18.2 Å². The summed E-state index contributed by atoms with van der Waals surface area (Å²) >= 11 is 0. The van der Waals surface area contributed by atoms with Gasteiger partial charge in [0.05, 0.1) is 18.1 Å². The second-order valence-corrected chi connectivity index (χ2v) is 3.71. The second-order valence-electron chi connectivity index (χ2n) is 3.71. The van der Waals surface area contributed by atoms with E-state index in [-0.39, 0.29) is 0 Å². The fourth-order valence-electron chi connectivity index (χ4n) is 1.12. The number of ether oxygens (including phenoxy) is 1. The molecule has 2 heteroatoms. The molecule has 0 spiro atoms. The molecule has 0 aromatic heterocycles. The van der Waals surface area contributed by atoms with Crippen molar-refractivity contribution in [2.45, 2.75) is 26.7 Å². The summed E-state index contributed by atoms with van der Waals surface area (Å²) in [5.41, 5.74) is 0.538. The van der Waals surface area contributed by atoms with Gasteiger partial charge in [-0.15, -0.1) is 0 Å². The molecule has 0 heterocycles. The van der Waals surface area contributed by atoms with Crippen LogP contribution >= 0.6 is 0 Å². The zero-order valence-corrected chi connectivity index (χ0v) is 8.34. The highest BCUT2D eigenvalue weighted by atomic mass is 16.5. The molecule has 1 rings (SSSR count). The maximum atomic E-state index is 7.50. The first-order valence-corrected chi connectivity index (χ1v) is 4.77. The molecule has 0 amide bonds. The zero-order valence-electron chi connectivity index (χ0n) is 8.34. The van der Waals surface area contributed by atoms with Crippen LogP contribution in [0.5, 0.6) is 0 Å². The van der Waals surface area contributed by atoms with Crippen molar-refractivity contribution >= 4 is 5.71 Å². The van der Waals surface area contributed by atoms with E-state index in [1.54, 1.807) is 0 Å². The minimum atomic E-state index is 0.538. The fourth-order valence-corrected chi connectivity index (χ4v) is 1.12. The molecular formula is C11H17NO. The van der Waals surface area contributed by atoms with E-state index in [0.29, 0.717) is 11.6 Å². The summed E-state index contributed by atoms with van der Waals surface area (Å²) in [6.45, 7) is 5.00. The Morgan fingerprint density at radius 3 is 3.00 bits per heavy atom. The molecule has 0 radical (unpaired) electrons. The van der Waals surface area contributed by atoms with Gasteiger partial charge in [0.25, 0.3) is 0 Å². The van der Waals surface area contributed by atoms with Crippen molar-refractivity contribution in [1.82, 2.24) is 0 Å². The molecule has 0 saturated carbocycles. The molecule has 1 N–H and O–H groups in total. The third kappa shape index (κ3) is 3.92. The van der Waals surface area contributed by atoms with E-state index in [0.717, 1.165) is 25.2 Å². The maximum Gasteiger partial charge on any atom is 0.0984 e. The smallest absolute Gasteiger partial charge is 0.0984 e. The van der Waals surface area contributed by atoms with Crippen LogP contribution < -0.4 is 0 Å². The summed E-state index contributed by atoms with van der Waals surface area (Å²) < 4.78 is 5.58. The van der Waals surface area contributed by atoms with Crippen LogP contribution in [0.2, 0.25) is 0 Å². The van der Waals surface area contributed by atoms with Crippen LogP contribution in [0.4, 0.5) is 0 Å². The van der Waals surface area contributed by atoms with Gasteiger partial charge in [-0.05, 0) is 18.4 Å². The average molecular weight is 179 g/mol. The molecule has 1 aliphatic rings. The summed E-state index contributed by atoms with van der Waals surface area (Å²) in [7, 11) is 0. The van der Waals surface area contributed by atoms with Gasteiger partial charge in [0.2, 0.25) is 0 Å². The van der Waals surface area contributed by atoms with Gasteiger partial charge in [-0.25, -0.2) is 0 Å². The lowest BCUT2D eigenvalue weighted by molar-refractivity contribution is 0.172. The Balaban J connectivity index is 2.45. The SMILES string of the molecule is CC(C)COC1=CC(=N)C=CCC1. The first-order valence-electron chi connectivity index (χ1n) is 4.77. The topological polar surface area (TPSA) is 33.1 Å². The van der Waals surface area contributed by atoms with E-state index in [4.69, 9.17) is 10.1 Å². The number of nitrogens with one attached hydrogen (secondary N) is 1. The fraction of sp³-hybridized carbons (Fsp3) is 0.545. The predicted octanol–water partition coefficient (Wildman–Crippen LogP) is 2.91. The van der Waals surface area contributed by atoms with E-state index in [2.05, 4.69) is 13.8 Å². The van der Waals surface area contributed by atoms with Crippen molar-refractivity contribution in [1.29, 1.82) is 5.41 Å². The molecule has 0 fully saturated rings. The van der Waals surface area contributed by atoms with Crippen LogP contribution in [0.3, 0.4) is 0 Å². The van der Waals surface area contributed by atoms with E-state index in [9.17, 15) is 0 Å². The Morgan fingerprint density at radius 2 is 2.31 bits per heavy atom. The summed E-state index contributed by atoms with van der Waals surface area (Å²) in [6.07, 6.45) is 7.56. The Hall–Kier alpha value is -1.05. The molecule has 0 aromatic rings. The van der Waals surface area contributed by atoms with E-state index in [1.165, 1.54) is 0 Å². The third-order valence-electron chi connectivity index (χ3n) is 1.77. The van der Waals surface area contributed by atoms with Gasteiger partial charge in [-0.3, -0.25) is 0 Å².